The summed E-state index contributed by atoms with van der Waals surface area (Å²) in [4.78, 5) is 2.38. The second-order valence-electron chi connectivity index (χ2n) is 5.16. The maximum absolute atomic E-state index is 13.2. The van der Waals surface area contributed by atoms with Gasteiger partial charge in [-0.2, -0.15) is 0 Å². The van der Waals surface area contributed by atoms with Crippen LogP contribution in [-0.2, 0) is 0 Å². The molecule has 0 spiro atoms. The highest BCUT2D eigenvalue weighted by Crippen LogP contribution is 2.28. The molecule has 4 heteroatoms. The molecule has 0 radical (unpaired) electrons. The third-order valence-corrected chi connectivity index (χ3v) is 3.91. The lowest BCUT2D eigenvalue weighted by atomic mass is 10.0. The van der Waals surface area contributed by atoms with Gasteiger partial charge in [0.25, 0.3) is 0 Å². The Labute approximate surface area is 127 Å². The van der Waals surface area contributed by atoms with Crippen LogP contribution in [0.25, 0.3) is 0 Å². The third kappa shape index (κ3) is 5.04. The summed E-state index contributed by atoms with van der Waals surface area (Å²) in [6, 6.07) is 4.67. The molecule has 1 rings (SSSR count). The normalized spacial score (nSPS) is 12.9. The SMILES string of the molecule is CCCCN(CCCC)C(CN)c1ccc(F)cc1Cl. The van der Waals surface area contributed by atoms with Gasteiger partial charge < -0.3 is 5.73 Å². The molecule has 0 aliphatic carbocycles. The minimum absolute atomic E-state index is 0.0706. The van der Waals surface area contributed by atoms with Crippen molar-refractivity contribution in [1.82, 2.24) is 4.90 Å². The van der Waals surface area contributed by atoms with Crippen LogP contribution in [0.4, 0.5) is 4.39 Å². The van der Waals surface area contributed by atoms with Crippen LogP contribution in [0.1, 0.15) is 51.1 Å². The Kier molecular flexibility index (Phi) is 8.12. The summed E-state index contributed by atoms with van der Waals surface area (Å²) >= 11 is 6.19. The minimum Gasteiger partial charge on any atom is -0.329 e. The maximum Gasteiger partial charge on any atom is 0.124 e. The Morgan fingerprint density at radius 2 is 1.80 bits per heavy atom. The number of nitrogens with zero attached hydrogens (tertiary/aromatic N) is 1. The lowest BCUT2D eigenvalue weighted by molar-refractivity contribution is 0.195. The fraction of sp³-hybridized carbons (Fsp3) is 0.625. The number of halogens is 2. The van der Waals surface area contributed by atoms with Gasteiger partial charge in [-0.1, -0.05) is 44.4 Å². The van der Waals surface area contributed by atoms with Gasteiger partial charge in [0.15, 0.2) is 0 Å². The molecule has 2 N–H and O–H groups in total. The molecule has 1 atom stereocenters. The van der Waals surface area contributed by atoms with Crippen molar-refractivity contribution >= 4 is 11.6 Å². The van der Waals surface area contributed by atoms with Crippen LogP contribution in [0.3, 0.4) is 0 Å². The number of rotatable bonds is 9. The lowest BCUT2D eigenvalue weighted by Crippen LogP contribution is -2.35. The topological polar surface area (TPSA) is 29.3 Å². The van der Waals surface area contributed by atoms with Crippen molar-refractivity contribution in [3.05, 3.63) is 34.6 Å². The van der Waals surface area contributed by atoms with Crippen molar-refractivity contribution in [2.24, 2.45) is 5.73 Å². The molecule has 1 unspecified atom stereocenters. The van der Waals surface area contributed by atoms with E-state index >= 15 is 0 Å². The van der Waals surface area contributed by atoms with Crippen molar-refractivity contribution in [3.63, 3.8) is 0 Å². The van der Waals surface area contributed by atoms with Crippen LogP contribution in [0.5, 0.6) is 0 Å². The Bertz CT molecular complexity index is 390. The monoisotopic (exact) mass is 300 g/mol. The first-order valence-electron chi connectivity index (χ1n) is 7.53. The van der Waals surface area contributed by atoms with Crippen molar-refractivity contribution in [2.75, 3.05) is 19.6 Å². The van der Waals surface area contributed by atoms with Crippen LogP contribution >= 0.6 is 11.6 Å². The molecule has 0 fully saturated rings. The molecule has 20 heavy (non-hydrogen) atoms. The number of benzene rings is 1. The summed E-state index contributed by atoms with van der Waals surface area (Å²) in [5, 5.41) is 0.471. The minimum atomic E-state index is -0.303. The Balaban J connectivity index is 2.92. The van der Waals surface area contributed by atoms with Gasteiger partial charge in [-0.05, 0) is 43.6 Å². The van der Waals surface area contributed by atoms with Gasteiger partial charge in [-0.25, -0.2) is 4.39 Å². The van der Waals surface area contributed by atoms with Crippen molar-refractivity contribution in [3.8, 4) is 0 Å². The molecular weight excluding hydrogens is 275 g/mol. The van der Waals surface area contributed by atoms with E-state index in [0.29, 0.717) is 11.6 Å². The smallest absolute Gasteiger partial charge is 0.124 e. The number of unbranched alkanes of at least 4 members (excludes halogenated alkanes) is 2. The average molecular weight is 301 g/mol. The predicted molar refractivity (Wildman–Crippen MR) is 84.6 cm³/mol. The second kappa shape index (κ2) is 9.32. The van der Waals surface area contributed by atoms with Crippen LogP contribution in [0.2, 0.25) is 5.02 Å². The van der Waals surface area contributed by atoms with E-state index in [2.05, 4.69) is 18.7 Å². The molecule has 0 saturated heterocycles. The fourth-order valence-electron chi connectivity index (χ4n) is 2.39. The van der Waals surface area contributed by atoms with E-state index in [1.54, 1.807) is 6.07 Å². The van der Waals surface area contributed by atoms with Gasteiger partial charge in [0.1, 0.15) is 5.82 Å². The second-order valence-corrected chi connectivity index (χ2v) is 5.57. The standard InChI is InChI=1S/C16H26ClFN2/c1-3-5-9-20(10-6-4-2)16(12-19)14-8-7-13(18)11-15(14)17/h7-8,11,16H,3-6,9-10,12,19H2,1-2H3. The van der Waals surface area contributed by atoms with Crippen LogP contribution < -0.4 is 5.73 Å². The largest absolute Gasteiger partial charge is 0.329 e. The lowest BCUT2D eigenvalue weighted by Gasteiger charge is -2.31. The summed E-state index contributed by atoms with van der Waals surface area (Å²) in [6.45, 7) is 6.87. The zero-order valence-corrected chi connectivity index (χ0v) is 13.3. The summed E-state index contributed by atoms with van der Waals surface area (Å²) in [5.41, 5.74) is 6.90. The first-order chi connectivity index (χ1) is 9.63. The zero-order chi connectivity index (χ0) is 15.0. The molecule has 1 aromatic rings. The Hall–Kier alpha value is -0.640. The molecule has 0 bridgehead atoms. The van der Waals surface area contributed by atoms with Crippen molar-refractivity contribution in [2.45, 2.75) is 45.6 Å². The number of nitrogens with two attached hydrogens (primary N) is 1. The zero-order valence-electron chi connectivity index (χ0n) is 12.5. The van der Waals surface area contributed by atoms with Gasteiger partial charge in [-0.3, -0.25) is 4.90 Å². The highest BCUT2D eigenvalue weighted by molar-refractivity contribution is 6.31. The molecule has 0 aliphatic heterocycles. The highest BCUT2D eigenvalue weighted by Gasteiger charge is 2.20. The van der Waals surface area contributed by atoms with E-state index in [9.17, 15) is 4.39 Å². The summed E-state index contributed by atoms with van der Waals surface area (Å²) in [7, 11) is 0. The fourth-order valence-corrected chi connectivity index (χ4v) is 2.68. The van der Waals surface area contributed by atoms with Gasteiger partial charge in [0.2, 0.25) is 0 Å². The molecule has 0 heterocycles. The van der Waals surface area contributed by atoms with Gasteiger partial charge in [0, 0.05) is 17.6 Å². The third-order valence-electron chi connectivity index (χ3n) is 3.58. The van der Waals surface area contributed by atoms with E-state index in [4.69, 9.17) is 17.3 Å². The van der Waals surface area contributed by atoms with Crippen LogP contribution in [-0.4, -0.2) is 24.5 Å². The molecule has 0 saturated carbocycles. The van der Waals surface area contributed by atoms with E-state index < -0.39 is 0 Å². The van der Waals surface area contributed by atoms with E-state index in [0.717, 1.165) is 44.3 Å². The van der Waals surface area contributed by atoms with Crippen molar-refractivity contribution in [1.29, 1.82) is 0 Å². The molecule has 114 valence electrons. The maximum atomic E-state index is 13.2. The molecule has 2 nitrogen and oxygen atoms in total. The first-order valence-corrected chi connectivity index (χ1v) is 7.90. The van der Waals surface area contributed by atoms with Crippen LogP contribution in [0.15, 0.2) is 18.2 Å². The van der Waals surface area contributed by atoms with E-state index in [-0.39, 0.29) is 11.9 Å². The first kappa shape index (κ1) is 17.4. The Morgan fingerprint density at radius 3 is 2.25 bits per heavy atom. The van der Waals surface area contributed by atoms with Gasteiger partial charge >= 0.3 is 0 Å². The summed E-state index contributed by atoms with van der Waals surface area (Å²) in [6.07, 6.45) is 4.58. The molecule has 0 amide bonds. The highest BCUT2D eigenvalue weighted by atomic mass is 35.5. The van der Waals surface area contributed by atoms with Crippen molar-refractivity contribution < 1.29 is 4.39 Å². The van der Waals surface area contributed by atoms with E-state index in [1.165, 1.54) is 12.1 Å². The molecular formula is C16H26ClFN2. The van der Waals surface area contributed by atoms with Crippen LogP contribution in [0, 0.1) is 5.82 Å². The number of hydrogen-bond donors (Lipinski definition) is 1. The quantitative estimate of drug-likeness (QED) is 0.733. The number of hydrogen-bond acceptors (Lipinski definition) is 2. The van der Waals surface area contributed by atoms with Gasteiger partial charge in [0.05, 0.1) is 0 Å². The molecule has 0 aliphatic rings. The van der Waals surface area contributed by atoms with Gasteiger partial charge in [-0.15, -0.1) is 0 Å². The molecule has 1 aromatic carbocycles. The summed E-state index contributed by atoms with van der Waals surface area (Å²) in [5.74, 6) is -0.303. The van der Waals surface area contributed by atoms with E-state index in [1.807, 2.05) is 0 Å². The average Bonchev–Trinajstić information content (AvgIpc) is 2.43. The Morgan fingerprint density at radius 1 is 1.20 bits per heavy atom. The summed E-state index contributed by atoms with van der Waals surface area (Å²) < 4.78 is 13.2. The predicted octanol–water partition coefficient (Wildman–Crippen LogP) is 4.38. The molecule has 0 aromatic heterocycles.